The summed E-state index contributed by atoms with van der Waals surface area (Å²) in [7, 11) is -3.87. The Balaban J connectivity index is 1.52. The van der Waals surface area contributed by atoms with Gasteiger partial charge >= 0.3 is 5.97 Å². The van der Waals surface area contributed by atoms with Gasteiger partial charge in [0, 0.05) is 23.7 Å². The highest BCUT2D eigenvalue weighted by Crippen LogP contribution is 2.26. The standard InChI is InChI=1S/C28H29ClN2O6S/c1-19-4-11-24(12-5-19)38(35,36)30-25-3-2-14-31(28(25)34)17-22-15-21(16-27(32)33)8-13-26(22)37-18-20-6-9-23(29)10-7-20/h4-13,15,25,30H,2-3,14,16-18H2,1H3,(H,32,33)/t25-/m0/s1. The molecule has 2 N–H and O–H groups in total. The third kappa shape index (κ3) is 7.12. The van der Waals surface area contributed by atoms with Gasteiger partial charge in [-0.05, 0) is 67.3 Å². The van der Waals surface area contributed by atoms with Gasteiger partial charge in [-0.3, -0.25) is 9.59 Å². The second-order valence-electron chi connectivity index (χ2n) is 9.32. The van der Waals surface area contributed by atoms with Crippen LogP contribution in [-0.2, 0) is 39.2 Å². The Labute approximate surface area is 227 Å². The van der Waals surface area contributed by atoms with Gasteiger partial charge in [0.2, 0.25) is 15.9 Å². The Morgan fingerprint density at radius 1 is 1.08 bits per heavy atom. The number of carboxylic acids is 1. The minimum atomic E-state index is -3.87. The summed E-state index contributed by atoms with van der Waals surface area (Å²) in [6.45, 7) is 2.73. The Morgan fingerprint density at radius 2 is 1.76 bits per heavy atom. The predicted octanol–water partition coefficient (Wildman–Crippen LogP) is 4.32. The number of nitrogens with zero attached hydrogens (tertiary/aromatic N) is 1. The summed E-state index contributed by atoms with van der Waals surface area (Å²) in [5, 5.41) is 9.86. The maximum atomic E-state index is 13.3. The lowest BCUT2D eigenvalue weighted by molar-refractivity contribution is -0.137. The fourth-order valence-electron chi connectivity index (χ4n) is 4.31. The van der Waals surface area contributed by atoms with Crippen LogP contribution in [0.3, 0.4) is 0 Å². The lowest BCUT2D eigenvalue weighted by Gasteiger charge is -2.33. The van der Waals surface area contributed by atoms with E-state index in [4.69, 9.17) is 16.3 Å². The average molecular weight is 557 g/mol. The molecule has 200 valence electrons. The van der Waals surface area contributed by atoms with E-state index in [9.17, 15) is 23.1 Å². The molecule has 1 saturated heterocycles. The molecule has 1 aliphatic rings. The Bertz CT molecular complexity index is 1410. The van der Waals surface area contributed by atoms with E-state index < -0.39 is 22.0 Å². The zero-order chi connectivity index (χ0) is 27.3. The number of aliphatic carboxylic acids is 1. The van der Waals surface area contributed by atoms with E-state index >= 15 is 0 Å². The molecule has 1 heterocycles. The van der Waals surface area contributed by atoms with Crippen LogP contribution in [0.1, 0.15) is 35.1 Å². The molecule has 8 nitrogen and oxygen atoms in total. The van der Waals surface area contributed by atoms with Gasteiger partial charge in [-0.15, -0.1) is 0 Å². The number of rotatable bonds is 10. The lowest BCUT2D eigenvalue weighted by Crippen LogP contribution is -2.51. The van der Waals surface area contributed by atoms with Gasteiger partial charge < -0.3 is 14.7 Å². The van der Waals surface area contributed by atoms with Crippen molar-refractivity contribution in [2.75, 3.05) is 6.54 Å². The maximum absolute atomic E-state index is 13.3. The number of likely N-dealkylation sites (tertiary alicyclic amines) is 1. The number of nitrogens with one attached hydrogen (secondary N) is 1. The van der Waals surface area contributed by atoms with E-state index in [1.165, 1.54) is 12.1 Å². The Hall–Kier alpha value is -3.40. The quantitative estimate of drug-likeness (QED) is 0.384. The zero-order valence-electron chi connectivity index (χ0n) is 20.9. The lowest BCUT2D eigenvalue weighted by atomic mass is 10.0. The number of carboxylic acid groups (broad SMARTS) is 1. The molecule has 0 unspecified atom stereocenters. The number of amides is 1. The summed E-state index contributed by atoms with van der Waals surface area (Å²) >= 11 is 5.96. The first-order valence-corrected chi connectivity index (χ1v) is 14.1. The first kappa shape index (κ1) is 27.6. The van der Waals surface area contributed by atoms with E-state index in [2.05, 4.69) is 4.72 Å². The number of hydrogen-bond donors (Lipinski definition) is 2. The van der Waals surface area contributed by atoms with E-state index in [0.717, 1.165) is 11.1 Å². The highest BCUT2D eigenvalue weighted by molar-refractivity contribution is 7.89. The van der Waals surface area contributed by atoms with Crippen LogP contribution in [0.15, 0.2) is 71.6 Å². The number of carbonyl (C=O) groups is 2. The van der Waals surface area contributed by atoms with E-state index in [1.807, 2.05) is 19.1 Å². The largest absolute Gasteiger partial charge is 0.489 e. The molecule has 1 aliphatic heterocycles. The zero-order valence-corrected chi connectivity index (χ0v) is 22.5. The van der Waals surface area contributed by atoms with Crippen molar-refractivity contribution in [3.05, 3.63) is 94.0 Å². The molecule has 1 atom stereocenters. The molecule has 0 aromatic heterocycles. The number of carbonyl (C=O) groups excluding carboxylic acids is 1. The molecule has 0 aliphatic carbocycles. The van der Waals surface area contributed by atoms with Crippen LogP contribution in [0.4, 0.5) is 0 Å². The van der Waals surface area contributed by atoms with Crippen molar-refractivity contribution in [3.63, 3.8) is 0 Å². The molecule has 0 spiro atoms. The van der Waals surface area contributed by atoms with Crippen LogP contribution in [-0.4, -0.2) is 42.9 Å². The van der Waals surface area contributed by atoms with Crippen LogP contribution in [0.2, 0.25) is 5.02 Å². The number of piperidine rings is 1. The second kappa shape index (κ2) is 12.0. The highest BCUT2D eigenvalue weighted by atomic mass is 35.5. The summed E-state index contributed by atoms with van der Waals surface area (Å²) < 4.78 is 34.4. The molecule has 10 heteroatoms. The van der Waals surface area contributed by atoms with Crippen LogP contribution < -0.4 is 9.46 Å². The normalized spacial score (nSPS) is 15.9. The average Bonchev–Trinajstić information content (AvgIpc) is 2.87. The van der Waals surface area contributed by atoms with Gasteiger partial charge in [0.05, 0.1) is 11.3 Å². The highest BCUT2D eigenvalue weighted by Gasteiger charge is 2.33. The van der Waals surface area contributed by atoms with Crippen LogP contribution in [0.25, 0.3) is 0 Å². The Morgan fingerprint density at radius 3 is 2.45 bits per heavy atom. The van der Waals surface area contributed by atoms with E-state index in [0.29, 0.717) is 41.3 Å². The fourth-order valence-corrected chi connectivity index (χ4v) is 5.66. The monoisotopic (exact) mass is 556 g/mol. The smallest absolute Gasteiger partial charge is 0.307 e. The van der Waals surface area contributed by atoms with Crippen molar-refractivity contribution in [1.29, 1.82) is 0 Å². The molecular weight excluding hydrogens is 528 g/mol. The van der Waals surface area contributed by atoms with Crippen molar-refractivity contribution in [3.8, 4) is 5.75 Å². The number of benzene rings is 3. The molecule has 0 saturated carbocycles. The SMILES string of the molecule is Cc1ccc(S(=O)(=O)N[C@H]2CCCN(Cc3cc(CC(=O)O)ccc3OCc3ccc(Cl)cc3)C2=O)cc1. The van der Waals surface area contributed by atoms with E-state index in [1.54, 1.807) is 47.4 Å². The summed E-state index contributed by atoms with van der Waals surface area (Å²) in [6.07, 6.45) is 0.833. The van der Waals surface area contributed by atoms with Crippen LogP contribution in [0, 0.1) is 6.92 Å². The first-order valence-electron chi connectivity index (χ1n) is 12.2. The maximum Gasteiger partial charge on any atom is 0.307 e. The van der Waals surface area contributed by atoms with Crippen molar-refractivity contribution < 1.29 is 27.9 Å². The minimum absolute atomic E-state index is 0.104. The van der Waals surface area contributed by atoms with Gasteiger partial charge in [-0.2, -0.15) is 4.72 Å². The molecule has 1 amide bonds. The van der Waals surface area contributed by atoms with Gasteiger partial charge in [-0.1, -0.05) is 47.5 Å². The van der Waals surface area contributed by atoms with Gasteiger partial charge in [0.15, 0.2) is 0 Å². The number of ether oxygens (including phenoxy) is 1. The number of sulfonamides is 1. The third-order valence-electron chi connectivity index (χ3n) is 6.31. The van der Waals surface area contributed by atoms with Gasteiger partial charge in [0.1, 0.15) is 18.4 Å². The van der Waals surface area contributed by atoms with Gasteiger partial charge in [0.25, 0.3) is 0 Å². The van der Waals surface area contributed by atoms with E-state index in [-0.39, 0.29) is 30.4 Å². The topological polar surface area (TPSA) is 113 Å². The van der Waals surface area contributed by atoms with Crippen LogP contribution in [0.5, 0.6) is 5.75 Å². The first-order chi connectivity index (χ1) is 18.1. The second-order valence-corrected chi connectivity index (χ2v) is 11.5. The molecule has 0 radical (unpaired) electrons. The minimum Gasteiger partial charge on any atom is -0.489 e. The van der Waals surface area contributed by atoms with Crippen molar-refractivity contribution in [2.45, 2.75) is 50.3 Å². The summed E-state index contributed by atoms with van der Waals surface area (Å²) in [5.74, 6) is -0.783. The number of aryl methyl sites for hydroxylation is 1. The molecule has 38 heavy (non-hydrogen) atoms. The van der Waals surface area contributed by atoms with Crippen molar-refractivity contribution >= 4 is 33.5 Å². The molecule has 1 fully saturated rings. The van der Waals surface area contributed by atoms with Crippen LogP contribution >= 0.6 is 11.6 Å². The summed E-state index contributed by atoms with van der Waals surface area (Å²) in [5.41, 5.74) is 3.05. The molecule has 3 aromatic carbocycles. The van der Waals surface area contributed by atoms with Crippen molar-refractivity contribution in [1.82, 2.24) is 9.62 Å². The Kier molecular flexibility index (Phi) is 8.71. The van der Waals surface area contributed by atoms with Crippen molar-refractivity contribution in [2.24, 2.45) is 0 Å². The summed E-state index contributed by atoms with van der Waals surface area (Å²) in [6, 6.07) is 17.9. The fraction of sp³-hybridized carbons (Fsp3) is 0.286. The molecule has 4 rings (SSSR count). The number of hydrogen-bond acceptors (Lipinski definition) is 5. The van der Waals surface area contributed by atoms with Gasteiger partial charge in [-0.25, -0.2) is 8.42 Å². The predicted molar refractivity (Wildman–Crippen MR) is 144 cm³/mol. The molecule has 3 aromatic rings. The molecule has 0 bridgehead atoms. The molecular formula is C28H29ClN2O6S. The summed E-state index contributed by atoms with van der Waals surface area (Å²) in [4.78, 5) is 26.3. The third-order valence-corrected chi connectivity index (χ3v) is 8.05. The number of halogens is 1.